The minimum atomic E-state index is 0.851. The predicted octanol–water partition coefficient (Wildman–Crippen LogP) is 14.1. The maximum absolute atomic E-state index is 6.59. The molecule has 0 saturated heterocycles. The maximum atomic E-state index is 6.59. The van der Waals surface area contributed by atoms with Gasteiger partial charge in [0.15, 0.2) is 5.58 Å². The lowest BCUT2D eigenvalue weighted by molar-refractivity contribution is 0.668. The quantitative estimate of drug-likeness (QED) is 0.169. The molecule has 0 aliphatic rings. The fourth-order valence-electron chi connectivity index (χ4n) is 7.40. The molecule has 0 N–H and O–H groups in total. The number of rotatable bonds is 7. The highest BCUT2D eigenvalue weighted by Crippen LogP contribution is 2.44. The zero-order valence-electron chi connectivity index (χ0n) is 28.2. The summed E-state index contributed by atoms with van der Waals surface area (Å²) in [7, 11) is 0. The second-order valence-corrected chi connectivity index (χ2v) is 13.0. The molecule has 2 aromatic heterocycles. The number of fused-ring (bicyclic) bond motifs is 6. The summed E-state index contributed by atoms with van der Waals surface area (Å²) >= 11 is 0. The van der Waals surface area contributed by atoms with Crippen LogP contribution in [0.1, 0.15) is 0 Å². The Bertz CT molecular complexity index is 2800. The van der Waals surface area contributed by atoms with Crippen LogP contribution in [-0.2, 0) is 0 Å². The zero-order valence-corrected chi connectivity index (χ0v) is 28.2. The Morgan fingerprint density at radius 2 is 0.750 bits per heavy atom. The second-order valence-electron chi connectivity index (χ2n) is 13.0. The third-order valence-electron chi connectivity index (χ3n) is 9.85. The van der Waals surface area contributed by atoms with E-state index < -0.39 is 0 Å². The van der Waals surface area contributed by atoms with Gasteiger partial charge in [0.05, 0.1) is 5.69 Å². The van der Waals surface area contributed by atoms with E-state index >= 15 is 0 Å². The van der Waals surface area contributed by atoms with Gasteiger partial charge in [0.1, 0.15) is 16.7 Å². The summed E-state index contributed by atoms with van der Waals surface area (Å²) in [6.07, 6.45) is 0. The van der Waals surface area contributed by atoms with E-state index in [9.17, 15) is 0 Å². The summed E-state index contributed by atoms with van der Waals surface area (Å²) in [5, 5.41) is 4.44. The number of benzene rings is 8. The largest absolute Gasteiger partial charge is 0.456 e. The minimum Gasteiger partial charge on any atom is -0.456 e. The Balaban J connectivity index is 1.09. The molecule has 10 rings (SSSR count). The highest BCUT2D eigenvalue weighted by molar-refractivity contribution is 6.10. The molecule has 2 heterocycles. The Morgan fingerprint density at radius 3 is 1.40 bits per heavy atom. The summed E-state index contributed by atoms with van der Waals surface area (Å²) in [5.41, 5.74) is 12.1. The topological polar surface area (TPSA) is 32.8 Å². The molecular weight excluding hydrogens is 637 g/mol. The summed E-state index contributed by atoms with van der Waals surface area (Å²) in [6.45, 7) is 0. The van der Waals surface area contributed by atoms with E-state index in [1.54, 1.807) is 0 Å². The Hall–Kier alpha value is -7.04. The molecular formula is C48H32N2O2. The van der Waals surface area contributed by atoms with Crippen molar-refractivity contribution < 1.29 is 8.83 Å². The average Bonchev–Trinajstić information content (AvgIpc) is 3.79. The molecule has 0 amide bonds. The van der Waals surface area contributed by atoms with Crippen LogP contribution in [0.15, 0.2) is 203 Å². The molecule has 0 atom stereocenters. The highest BCUT2D eigenvalue weighted by Gasteiger charge is 2.20. The van der Waals surface area contributed by atoms with Crippen LogP contribution < -0.4 is 9.80 Å². The van der Waals surface area contributed by atoms with E-state index in [0.717, 1.165) is 89.1 Å². The molecule has 0 spiro atoms. The summed E-state index contributed by atoms with van der Waals surface area (Å²) in [5.74, 6) is 0. The van der Waals surface area contributed by atoms with Gasteiger partial charge in [0.25, 0.3) is 0 Å². The van der Waals surface area contributed by atoms with E-state index in [1.165, 1.54) is 0 Å². The fourth-order valence-corrected chi connectivity index (χ4v) is 7.40. The summed E-state index contributed by atoms with van der Waals surface area (Å²) < 4.78 is 12.7. The molecule has 52 heavy (non-hydrogen) atoms. The Morgan fingerprint density at radius 1 is 0.288 bits per heavy atom. The van der Waals surface area contributed by atoms with Crippen LogP contribution in [0, 0.1) is 0 Å². The molecule has 0 aliphatic heterocycles. The Kier molecular flexibility index (Phi) is 7.10. The predicted molar refractivity (Wildman–Crippen MR) is 216 cm³/mol. The fraction of sp³-hybridized carbons (Fsp3) is 0. The molecule has 0 fully saturated rings. The van der Waals surface area contributed by atoms with E-state index in [0.29, 0.717) is 0 Å². The molecule has 0 radical (unpaired) electrons. The second kappa shape index (κ2) is 12.4. The lowest BCUT2D eigenvalue weighted by atomic mass is 10.0. The van der Waals surface area contributed by atoms with Crippen LogP contribution in [0.5, 0.6) is 0 Å². The standard InChI is InChI=1S/C48H32N2O2/c1-3-12-35(13-4-1)49(36-14-5-2-6-15-36)37-27-29-39(30-28-37)50(44-19-11-18-42-40-16-7-10-21-46(40)52-48(42)44)38-25-22-33(23-26-38)34-24-31-47-43(32-34)41-17-8-9-20-45(41)51-47/h1-32H. The third kappa shape index (κ3) is 5.09. The van der Waals surface area contributed by atoms with E-state index in [2.05, 4.69) is 180 Å². The van der Waals surface area contributed by atoms with Crippen LogP contribution >= 0.6 is 0 Å². The number of nitrogens with zero attached hydrogens (tertiary/aromatic N) is 2. The molecule has 0 unspecified atom stereocenters. The van der Waals surface area contributed by atoms with Crippen molar-refractivity contribution in [3.05, 3.63) is 194 Å². The lowest BCUT2D eigenvalue weighted by Crippen LogP contribution is -2.12. The van der Waals surface area contributed by atoms with Gasteiger partial charge in [-0.3, -0.25) is 0 Å². The van der Waals surface area contributed by atoms with Gasteiger partial charge in [0, 0.05) is 50.0 Å². The van der Waals surface area contributed by atoms with Crippen molar-refractivity contribution in [3.8, 4) is 11.1 Å². The van der Waals surface area contributed by atoms with Crippen LogP contribution in [0.2, 0.25) is 0 Å². The number of para-hydroxylation sites is 5. The molecule has 0 bridgehead atoms. The summed E-state index contributed by atoms with van der Waals surface area (Å²) in [6, 6.07) is 67.9. The van der Waals surface area contributed by atoms with Crippen molar-refractivity contribution in [1.29, 1.82) is 0 Å². The first-order valence-corrected chi connectivity index (χ1v) is 17.5. The van der Waals surface area contributed by atoms with Crippen molar-refractivity contribution >= 4 is 78.0 Å². The maximum Gasteiger partial charge on any atom is 0.159 e. The average molecular weight is 669 g/mol. The van der Waals surface area contributed by atoms with Crippen LogP contribution in [0.3, 0.4) is 0 Å². The molecule has 8 aromatic carbocycles. The van der Waals surface area contributed by atoms with Crippen molar-refractivity contribution in [3.63, 3.8) is 0 Å². The molecule has 0 aliphatic carbocycles. The van der Waals surface area contributed by atoms with Gasteiger partial charge in [-0.2, -0.15) is 0 Å². The smallest absolute Gasteiger partial charge is 0.159 e. The monoisotopic (exact) mass is 668 g/mol. The van der Waals surface area contributed by atoms with Crippen LogP contribution in [0.25, 0.3) is 55.0 Å². The van der Waals surface area contributed by atoms with Gasteiger partial charge in [0.2, 0.25) is 0 Å². The molecule has 4 nitrogen and oxygen atoms in total. The molecule has 0 saturated carbocycles. The first-order valence-electron chi connectivity index (χ1n) is 17.5. The molecule has 10 aromatic rings. The zero-order chi connectivity index (χ0) is 34.4. The number of furan rings is 2. The number of hydrogen-bond donors (Lipinski definition) is 0. The lowest BCUT2D eigenvalue weighted by Gasteiger charge is -2.28. The van der Waals surface area contributed by atoms with Gasteiger partial charge in [-0.1, -0.05) is 103 Å². The first kappa shape index (κ1) is 29.8. The number of anilines is 6. The highest BCUT2D eigenvalue weighted by atomic mass is 16.3. The van der Waals surface area contributed by atoms with E-state index in [4.69, 9.17) is 8.83 Å². The van der Waals surface area contributed by atoms with E-state index in [1.807, 2.05) is 24.3 Å². The van der Waals surface area contributed by atoms with Gasteiger partial charge in [-0.15, -0.1) is 0 Å². The summed E-state index contributed by atoms with van der Waals surface area (Å²) in [4.78, 5) is 4.57. The van der Waals surface area contributed by atoms with Crippen molar-refractivity contribution in [2.24, 2.45) is 0 Å². The van der Waals surface area contributed by atoms with Gasteiger partial charge in [-0.05, 0) is 102 Å². The molecule has 246 valence electrons. The van der Waals surface area contributed by atoms with Crippen molar-refractivity contribution in [2.75, 3.05) is 9.80 Å². The van der Waals surface area contributed by atoms with Gasteiger partial charge >= 0.3 is 0 Å². The first-order chi connectivity index (χ1) is 25.8. The van der Waals surface area contributed by atoms with Crippen LogP contribution in [0.4, 0.5) is 34.1 Å². The number of hydrogen-bond acceptors (Lipinski definition) is 4. The van der Waals surface area contributed by atoms with Crippen molar-refractivity contribution in [1.82, 2.24) is 0 Å². The normalized spacial score (nSPS) is 11.5. The van der Waals surface area contributed by atoms with Gasteiger partial charge in [-0.25, -0.2) is 0 Å². The van der Waals surface area contributed by atoms with Gasteiger partial charge < -0.3 is 18.6 Å². The Labute approximate surface area is 301 Å². The molecule has 4 heteroatoms. The van der Waals surface area contributed by atoms with Crippen molar-refractivity contribution in [2.45, 2.75) is 0 Å². The minimum absolute atomic E-state index is 0.851. The van der Waals surface area contributed by atoms with E-state index in [-0.39, 0.29) is 0 Å². The van der Waals surface area contributed by atoms with Crippen LogP contribution in [-0.4, -0.2) is 0 Å². The third-order valence-corrected chi connectivity index (χ3v) is 9.85. The SMILES string of the molecule is c1ccc(N(c2ccccc2)c2ccc(N(c3ccc(-c4ccc5oc6ccccc6c5c4)cc3)c3cccc4c3oc3ccccc34)cc2)cc1.